The number of carbonyl (C=O) groups is 1. The Balaban J connectivity index is 2.02. The second-order valence-electron chi connectivity index (χ2n) is 5.14. The third-order valence-corrected chi connectivity index (χ3v) is 3.64. The van der Waals surface area contributed by atoms with Gasteiger partial charge in [0.1, 0.15) is 0 Å². The summed E-state index contributed by atoms with van der Waals surface area (Å²) < 4.78 is 5.22. The number of ether oxygens (including phenoxy) is 1. The van der Waals surface area contributed by atoms with Crippen LogP contribution in [-0.2, 0) is 0 Å². The third-order valence-electron chi connectivity index (χ3n) is 3.64. The van der Waals surface area contributed by atoms with Gasteiger partial charge in [-0.25, -0.2) is 0 Å². The molecule has 2 rings (SSSR count). The van der Waals surface area contributed by atoms with Crippen molar-refractivity contribution < 1.29 is 14.5 Å². The van der Waals surface area contributed by atoms with Crippen LogP contribution in [0.25, 0.3) is 0 Å². The van der Waals surface area contributed by atoms with E-state index in [0.717, 1.165) is 26.2 Å². The molecular formula is C15H21N3O4. The maximum absolute atomic E-state index is 12.2. The zero-order valence-electron chi connectivity index (χ0n) is 12.7. The molecule has 0 amide bonds. The van der Waals surface area contributed by atoms with Crippen LogP contribution < -0.4 is 10.1 Å². The van der Waals surface area contributed by atoms with Gasteiger partial charge in [-0.05, 0) is 19.1 Å². The van der Waals surface area contributed by atoms with Crippen LogP contribution in [0.5, 0.6) is 5.75 Å². The number of hydrogen-bond donors (Lipinski definition) is 1. The number of carbonyl (C=O) groups excluding carboxylic acids is 1. The molecule has 22 heavy (non-hydrogen) atoms. The molecule has 120 valence electrons. The van der Waals surface area contributed by atoms with Crippen molar-refractivity contribution in [1.29, 1.82) is 0 Å². The fraction of sp³-hybridized carbons (Fsp3) is 0.533. The van der Waals surface area contributed by atoms with Crippen molar-refractivity contribution in [2.45, 2.75) is 13.3 Å². The minimum atomic E-state index is -0.516. The Kier molecular flexibility index (Phi) is 5.85. The van der Waals surface area contributed by atoms with Gasteiger partial charge in [0, 0.05) is 50.8 Å². The Morgan fingerprint density at radius 2 is 2.14 bits per heavy atom. The van der Waals surface area contributed by atoms with E-state index in [1.807, 2.05) is 0 Å². The van der Waals surface area contributed by atoms with Crippen molar-refractivity contribution >= 4 is 11.5 Å². The molecule has 0 radical (unpaired) electrons. The summed E-state index contributed by atoms with van der Waals surface area (Å²) in [6, 6.07) is 4.41. The third kappa shape index (κ3) is 4.25. The van der Waals surface area contributed by atoms with Crippen LogP contribution in [0.2, 0.25) is 0 Å². The highest BCUT2D eigenvalue weighted by Crippen LogP contribution is 2.28. The first-order valence-electron chi connectivity index (χ1n) is 7.49. The molecule has 1 aromatic carbocycles. The summed E-state index contributed by atoms with van der Waals surface area (Å²) in [4.78, 5) is 25.0. The van der Waals surface area contributed by atoms with Crippen molar-refractivity contribution in [3.05, 3.63) is 33.9 Å². The molecule has 1 N–H and O–H groups in total. The molecule has 1 saturated heterocycles. The van der Waals surface area contributed by atoms with Crippen molar-refractivity contribution in [3.8, 4) is 5.75 Å². The van der Waals surface area contributed by atoms with Gasteiger partial charge in [-0.3, -0.25) is 14.9 Å². The van der Waals surface area contributed by atoms with Gasteiger partial charge >= 0.3 is 5.69 Å². The molecule has 0 spiro atoms. The molecule has 1 heterocycles. The van der Waals surface area contributed by atoms with Crippen molar-refractivity contribution in [3.63, 3.8) is 0 Å². The fourth-order valence-electron chi connectivity index (χ4n) is 2.45. The zero-order chi connectivity index (χ0) is 15.9. The van der Waals surface area contributed by atoms with E-state index in [4.69, 9.17) is 4.74 Å². The van der Waals surface area contributed by atoms with Crippen LogP contribution in [-0.4, -0.2) is 54.9 Å². The van der Waals surface area contributed by atoms with E-state index in [1.54, 1.807) is 13.0 Å². The quantitative estimate of drug-likeness (QED) is 0.466. The van der Waals surface area contributed by atoms with Gasteiger partial charge in [0.2, 0.25) is 0 Å². The van der Waals surface area contributed by atoms with Gasteiger partial charge in [-0.15, -0.1) is 0 Å². The van der Waals surface area contributed by atoms with E-state index >= 15 is 0 Å². The molecule has 1 fully saturated rings. The topological polar surface area (TPSA) is 84.7 Å². The highest BCUT2D eigenvalue weighted by atomic mass is 16.6. The Hall–Kier alpha value is -1.99. The number of nitro benzene ring substituents is 1. The summed E-state index contributed by atoms with van der Waals surface area (Å²) in [6.45, 7) is 6.51. The number of benzene rings is 1. The van der Waals surface area contributed by atoms with Crippen molar-refractivity contribution in [2.24, 2.45) is 0 Å². The average molecular weight is 307 g/mol. The van der Waals surface area contributed by atoms with Gasteiger partial charge in [-0.1, -0.05) is 0 Å². The molecule has 1 aliphatic heterocycles. The first-order chi connectivity index (χ1) is 10.6. The number of nitrogens with one attached hydrogen (secondary N) is 1. The van der Waals surface area contributed by atoms with Crippen LogP contribution in [0.1, 0.15) is 23.7 Å². The minimum Gasteiger partial charge on any atom is -0.487 e. The van der Waals surface area contributed by atoms with Gasteiger partial charge in [0.15, 0.2) is 11.5 Å². The molecule has 0 unspecified atom stereocenters. The molecule has 0 atom stereocenters. The van der Waals surface area contributed by atoms with Crippen molar-refractivity contribution in [1.82, 2.24) is 10.2 Å². The number of hydrogen-bond acceptors (Lipinski definition) is 6. The molecular weight excluding hydrogens is 286 g/mol. The Morgan fingerprint density at radius 1 is 1.41 bits per heavy atom. The van der Waals surface area contributed by atoms with Gasteiger partial charge in [-0.2, -0.15) is 0 Å². The Labute approximate surface area is 129 Å². The van der Waals surface area contributed by atoms with Crippen LogP contribution in [0.15, 0.2) is 18.2 Å². The van der Waals surface area contributed by atoms with Gasteiger partial charge in [0.05, 0.1) is 11.5 Å². The standard InChI is InChI=1S/C15H21N3O4/c1-2-22-15-4-3-12(11-13(15)18(20)21)14(19)5-8-17-9-6-16-7-10-17/h3-4,11,16H,2,5-10H2,1H3. The van der Waals surface area contributed by atoms with Crippen LogP contribution in [0.3, 0.4) is 0 Å². The van der Waals surface area contributed by atoms with E-state index in [2.05, 4.69) is 10.2 Å². The Bertz CT molecular complexity index is 542. The average Bonchev–Trinajstić information content (AvgIpc) is 2.54. The van der Waals surface area contributed by atoms with E-state index < -0.39 is 4.92 Å². The monoisotopic (exact) mass is 307 g/mol. The second kappa shape index (κ2) is 7.86. The normalized spacial score (nSPS) is 15.5. The number of nitro groups is 1. The zero-order valence-corrected chi connectivity index (χ0v) is 12.7. The molecule has 0 aliphatic carbocycles. The number of ketones is 1. The molecule has 7 nitrogen and oxygen atoms in total. The smallest absolute Gasteiger partial charge is 0.311 e. The summed E-state index contributed by atoms with van der Waals surface area (Å²) in [7, 11) is 0. The molecule has 0 bridgehead atoms. The lowest BCUT2D eigenvalue weighted by Crippen LogP contribution is -2.44. The number of rotatable bonds is 7. The SMILES string of the molecule is CCOc1ccc(C(=O)CCN2CCNCC2)cc1[N+](=O)[O-]. The first-order valence-corrected chi connectivity index (χ1v) is 7.49. The number of piperazine rings is 1. The largest absolute Gasteiger partial charge is 0.487 e. The highest BCUT2D eigenvalue weighted by Gasteiger charge is 2.19. The lowest BCUT2D eigenvalue weighted by molar-refractivity contribution is -0.385. The predicted octanol–water partition coefficient (Wildman–Crippen LogP) is 1.47. The molecule has 1 aromatic rings. The lowest BCUT2D eigenvalue weighted by Gasteiger charge is -2.26. The van der Waals surface area contributed by atoms with E-state index in [0.29, 0.717) is 25.1 Å². The summed E-state index contributed by atoms with van der Waals surface area (Å²) in [5.74, 6) is 0.121. The summed E-state index contributed by atoms with van der Waals surface area (Å²) in [5, 5.41) is 14.3. The van der Waals surface area contributed by atoms with Gasteiger partial charge in [0.25, 0.3) is 0 Å². The molecule has 0 saturated carbocycles. The van der Waals surface area contributed by atoms with Gasteiger partial charge < -0.3 is 15.0 Å². The van der Waals surface area contributed by atoms with E-state index in [9.17, 15) is 14.9 Å². The maximum atomic E-state index is 12.2. The first kappa shape index (κ1) is 16.4. The lowest BCUT2D eigenvalue weighted by atomic mass is 10.1. The van der Waals surface area contributed by atoms with Crippen LogP contribution in [0, 0.1) is 10.1 Å². The predicted molar refractivity (Wildman–Crippen MR) is 82.5 cm³/mol. The van der Waals surface area contributed by atoms with Crippen molar-refractivity contribution in [2.75, 3.05) is 39.3 Å². The van der Waals surface area contributed by atoms with E-state index in [1.165, 1.54) is 12.1 Å². The molecule has 1 aliphatic rings. The molecule has 7 heteroatoms. The number of nitrogens with zero attached hydrogens (tertiary/aromatic N) is 2. The summed E-state index contributed by atoms with van der Waals surface area (Å²) >= 11 is 0. The second-order valence-corrected chi connectivity index (χ2v) is 5.14. The summed E-state index contributed by atoms with van der Waals surface area (Å²) in [6.07, 6.45) is 0.366. The summed E-state index contributed by atoms with van der Waals surface area (Å²) in [5.41, 5.74) is 0.208. The minimum absolute atomic E-state index is 0.0790. The van der Waals surface area contributed by atoms with Crippen LogP contribution >= 0.6 is 0 Å². The highest BCUT2D eigenvalue weighted by molar-refractivity contribution is 5.97. The fourth-order valence-corrected chi connectivity index (χ4v) is 2.45. The number of Topliss-reactive ketones (excluding diaryl/α,β-unsaturated/α-hetero) is 1. The van der Waals surface area contributed by atoms with Crippen LogP contribution in [0.4, 0.5) is 5.69 Å². The van der Waals surface area contributed by atoms with E-state index in [-0.39, 0.29) is 17.2 Å². The maximum Gasteiger partial charge on any atom is 0.311 e. The Morgan fingerprint density at radius 3 is 2.77 bits per heavy atom. The molecule has 0 aromatic heterocycles.